The smallest absolute Gasteiger partial charge is 0.269 e. The summed E-state index contributed by atoms with van der Waals surface area (Å²) in [7, 11) is 4.04. The van der Waals surface area contributed by atoms with E-state index in [9.17, 15) is 14.9 Å². The normalized spacial score (nSPS) is 11.6. The van der Waals surface area contributed by atoms with Crippen LogP contribution < -0.4 is 10.3 Å². The highest BCUT2D eigenvalue weighted by atomic mass is 16.6. The molecule has 172 valence electrons. The van der Waals surface area contributed by atoms with E-state index in [0.29, 0.717) is 40.2 Å². The van der Waals surface area contributed by atoms with Gasteiger partial charge in [0, 0.05) is 29.4 Å². The summed E-state index contributed by atoms with van der Waals surface area (Å²) in [5.74, 6) is 0.668. The van der Waals surface area contributed by atoms with Crippen molar-refractivity contribution in [2.45, 2.75) is 6.42 Å². The third kappa shape index (κ3) is 3.75. The average Bonchev–Trinajstić information content (AvgIpc) is 3.21. The molecule has 9 nitrogen and oxygen atoms in total. The van der Waals surface area contributed by atoms with Crippen molar-refractivity contribution in [3.63, 3.8) is 0 Å². The first-order valence-corrected chi connectivity index (χ1v) is 10.9. The molecule has 0 saturated carbocycles. The Bertz CT molecular complexity index is 1590. The number of pyridine rings is 2. The third-order valence-corrected chi connectivity index (χ3v) is 5.73. The van der Waals surface area contributed by atoms with Gasteiger partial charge in [-0.15, -0.1) is 0 Å². The molecule has 5 aromatic rings. The van der Waals surface area contributed by atoms with Gasteiger partial charge in [0.1, 0.15) is 16.9 Å². The molecule has 0 unspecified atom stereocenters. The fraction of sp³-hybridized carbons (Fsp3) is 0.200. The van der Waals surface area contributed by atoms with Crippen LogP contribution in [0.25, 0.3) is 33.3 Å². The summed E-state index contributed by atoms with van der Waals surface area (Å²) < 4.78 is 9.34. The van der Waals surface area contributed by atoms with Crippen LogP contribution in [-0.4, -0.2) is 51.0 Å². The molecule has 0 saturated heterocycles. The van der Waals surface area contributed by atoms with Crippen LogP contribution in [0.1, 0.15) is 6.42 Å². The third-order valence-electron chi connectivity index (χ3n) is 5.73. The van der Waals surface area contributed by atoms with E-state index in [1.807, 2.05) is 55.0 Å². The Hall–Kier alpha value is -4.24. The zero-order valence-electron chi connectivity index (χ0n) is 18.8. The highest BCUT2D eigenvalue weighted by molar-refractivity contribution is 6.04. The molecule has 0 amide bonds. The molecule has 9 heteroatoms. The summed E-state index contributed by atoms with van der Waals surface area (Å²) in [5.41, 5.74) is 2.16. The lowest BCUT2D eigenvalue weighted by Crippen LogP contribution is -2.20. The van der Waals surface area contributed by atoms with Gasteiger partial charge in [-0.2, -0.15) is 0 Å². The number of aromatic nitrogens is 3. The number of nitrogens with zero attached hydrogens (tertiary/aromatic N) is 5. The predicted molar refractivity (Wildman–Crippen MR) is 131 cm³/mol. The molecular weight excluding hydrogens is 434 g/mol. The molecule has 34 heavy (non-hydrogen) atoms. The van der Waals surface area contributed by atoms with E-state index in [1.54, 1.807) is 22.8 Å². The lowest BCUT2D eigenvalue weighted by molar-refractivity contribution is -0.384. The van der Waals surface area contributed by atoms with Crippen molar-refractivity contribution in [1.29, 1.82) is 0 Å². The molecular formula is C25H23N5O4. The van der Waals surface area contributed by atoms with Crippen molar-refractivity contribution in [2.24, 2.45) is 0 Å². The maximum atomic E-state index is 13.6. The number of ether oxygens (including phenoxy) is 1. The topological polar surface area (TPSA) is 94.9 Å². The molecule has 2 aromatic carbocycles. The number of rotatable bonds is 7. The Kier molecular flexibility index (Phi) is 5.46. The van der Waals surface area contributed by atoms with E-state index in [0.717, 1.165) is 18.4 Å². The highest BCUT2D eigenvalue weighted by Gasteiger charge is 2.18. The van der Waals surface area contributed by atoms with E-state index in [-0.39, 0.29) is 11.2 Å². The van der Waals surface area contributed by atoms with Crippen LogP contribution in [0.3, 0.4) is 0 Å². The number of imidazole rings is 1. The van der Waals surface area contributed by atoms with Gasteiger partial charge in [-0.05, 0) is 50.8 Å². The molecule has 0 bridgehead atoms. The molecule has 0 aliphatic carbocycles. The highest BCUT2D eigenvalue weighted by Crippen LogP contribution is 2.28. The number of nitro groups is 1. The van der Waals surface area contributed by atoms with Crippen LogP contribution >= 0.6 is 0 Å². The van der Waals surface area contributed by atoms with Gasteiger partial charge in [0.15, 0.2) is 5.65 Å². The minimum atomic E-state index is -0.462. The van der Waals surface area contributed by atoms with Gasteiger partial charge in [-0.1, -0.05) is 18.2 Å². The van der Waals surface area contributed by atoms with Gasteiger partial charge in [0.25, 0.3) is 11.2 Å². The monoisotopic (exact) mass is 457 g/mol. The molecule has 3 heterocycles. The molecule has 0 N–H and O–H groups in total. The molecule has 0 aliphatic heterocycles. The second-order valence-corrected chi connectivity index (χ2v) is 8.34. The van der Waals surface area contributed by atoms with E-state index >= 15 is 0 Å². The van der Waals surface area contributed by atoms with Crippen molar-refractivity contribution in [3.8, 4) is 11.4 Å². The first-order chi connectivity index (χ1) is 16.4. The summed E-state index contributed by atoms with van der Waals surface area (Å²) >= 11 is 0. The number of fused-ring (bicyclic) bond motifs is 5. The van der Waals surface area contributed by atoms with E-state index in [2.05, 4.69) is 4.90 Å². The zero-order valence-corrected chi connectivity index (χ0v) is 18.8. The molecule has 0 fully saturated rings. The maximum Gasteiger partial charge on any atom is 0.269 e. The summed E-state index contributed by atoms with van der Waals surface area (Å²) in [6, 6.07) is 17.0. The second-order valence-electron chi connectivity index (χ2n) is 8.34. The van der Waals surface area contributed by atoms with Crippen molar-refractivity contribution >= 4 is 33.3 Å². The fourth-order valence-corrected chi connectivity index (χ4v) is 4.12. The Labute approximate surface area is 194 Å². The van der Waals surface area contributed by atoms with Crippen LogP contribution in [-0.2, 0) is 0 Å². The van der Waals surface area contributed by atoms with Gasteiger partial charge < -0.3 is 9.64 Å². The second kappa shape index (κ2) is 8.60. The minimum absolute atomic E-state index is 0.0413. The Morgan fingerprint density at radius 1 is 1.03 bits per heavy atom. The number of hydrogen-bond donors (Lipinski definition) is 0. The first-order valence-electron chi connectivity index (χ1n) is 10.9. The maximum absolute atomic E-state index is 13.6. The van der Waals surface area contributed by atoms with Gasteiger partial charge in [-0.25, -0.2) is 4.98 Å². The van der Waals surface area contributed by atoms with Crippen molar-refractivity contribution in [3.05, 3.63) is 87.3 Å². The SMILES string of the molecule is CN(C)CCCOc1ccc2nc3c4ccccc4c(=O)n(-c4ccc([N+](=O)[O-])cc4)c3n2c1. The molecule has 0 atom stereocenters. The summed E-state index contributed by atoms with van der Waals surface area (Å²) in [4.78, 5) is 31.2. The molecule has 0 spiro atoms. The number of non-ortho nitro benzene ring substituents is 1. The average molecular weight is 457 g/mol. The van der Waals surface area contributed by atoms with Crippen LogP contribution in [0.4, 0.5) is 5.69 Å². The van der Waals surface area contributed by atoms with Crippen molar-refractivity contribution in [1.82, 2.24) is 18.9 Å². The fourth-order valence-electron chi connectivity index (χ4n) is 4.12. The summed E-state index contributed by atoms with van der Waals surface area (Å²) in [5, 5.41) is 12.4. The predicted octanol–water partition coefficient (Wildman–Crippen LogP) is 4.03. The van der Waals surface area contributed by atoms with E-state index in [1.165, 1.54) is 12.1 Å². The minimum Gasteiger partial charge on any atom is -0.492 e. The molecule has 0 radical (unpaired) electrons. The Morgan fingerprint density at radius 2 is 1.76 bits per heavy atom. The van der Waals surface area contributed by atoms with Crippen LogP contribution in [0.2, 0.25) is 0 Å². The molecule has 0 aliphatic rings. The van der Waals surface area contributed by atoms with E-state index in [4.69, 9.17) is 9.72 Å². The molecule has 5 rings (SSSR count). The lowest BCUT2D eigenvalue weighted by atomic mass is 10.1. The standard InChI is InChI=1S/C25H23N5O4/c1-27(2)14-5-15-34-19-12-13-22-26-23-20-6-3-4-7-21(20)25(31)29(24(23)28(22)16-19)17-8-10-18(11-9-17)30(32)33/h3-4,6-13,16H,5,14-15H2,1-2H3. The Balaban J connectivity index is 1.73. The lowest BCUT2D eigenvalue weighted by Gasteiger charge is -2.12. The number of benzene rings is 2. The van der Waals surface area contributed by atoms with Gasteiger partial charge in [0.2, 0.25) is 0 Å². The number of hydrogen-bond acceptors (Lipinski definition) is 6. The van der Waals surface area contributed by atoms with Gasteiger partial charge in [0.05, 0.1) is 23.4 Å². The number of nitro benzene ring substituents is 1. The summed E-state index contributed by atoms with van der Waals surface area (Å²) in [6.07, 6.45) is 2.71. The van der Waals surface area contributed by atoms with Crippen LogP contribution in [0.15, 0.2) is 71.7 Å². The van der Waals surface area contributed by atoms with Crippen molar-refractivity contribution in [2.75, 3.05) is 27.2 Å². The summed E-state index contributed by atoms with van der Waals surface area (Å²) in [6.45, 7) is 1.48. The largest absolute Gasteiger partial charge is 0.492 e. The van der Waals surface area contributed by atoms with Crippen LogP contribution in [0, 0.1) is 10.1 Å². The van der Waals surface area contributed by atoms with Gasteiger partial charge >= 0.3 is 0 Å². The van der Waals surface area contributed by atoms with Crippen LogP contribution in [0.5, 0.6) is 5.75 Å². The Morgan fingerprint density at radius 3 is 2.47 bits per heavy atom. The first kappa shape index (κ1) is 21.6. The van der Waals surface area contributed by atoms with Crippen molar-refractivity contribution < 1.29 is 9.66 Å². The van der Waals surface area contributed by atoms with E-state index < -0.39 is 4.92 Å². The van der Waals surface area contributed by atoms with Gasteiger partial charge in [-0.3, -0.25) is 23.9 Å². The quantitative estimate of drug-likeness (QED) is 0.208. The molecule has 3 aromatic heterocycles. The zero-order chi connectivity index (χ0) is 23.8.